The van der Waals surface area contributed by atoms with Gasteiger partial charge in [-0.15, -0.1) is 0 Å². The zero-order chi connectivity index (χ0) is 22.9. The molecule has 10 heteroatoms. The van der Waals surface area contributed by atoms with Gasteiger partial charge in [0.2, 0.25) is 6.41 Å². The summed E-state index contributed by atoms with van der Waals surface area (Å²) in [6.45, 7) is 6.20. The average molecular weight is 456 g/mol. The Morgan fingerprint density at radius 2 is 1.81 bits per heavy atom. The maximum absolute atomic E-state index is 13.5. The minimum absolute atomic E-state index is 0.133. The largest absolute Gasteiger partial charge is 0.342 e. The molecule has 0 atom stereocenters. The van der Waals surface area contributed by atoms with Crippen molar-refractivity contribution in [2.24, 2.45) is 0 Å². The minimum Gasteiger partial charge on any atom is -0.342 e. The molecule has 1 N–H and O–H groups in total. The van der Waals surface area contributed by atoms with Crippen LogP contribution in [0.2, 0.25) is 0 Å². The highest BCUT2D eigenvalue weighted by atomic mass is 32.2. The van der Waals surface area contributed by atoms with E-state index in [4.69, 9.17) is 0 Å². The Balaban J connectivity index is 1.77. The van der Waals surface area contributed by atoms with Gasteiger partial charge in [0.05, 0.1) is 27.2 Å². The number of carbonyl (C=O) groups excluding carboxylic acids is 2. The molecule has 3 aromatic rings. The minimum atomic E-state index is -3.82. The Morgan fingerprint density at radius 1 is 1.12 bits per heavy atom. The molecule has 0 radical (unpaired) electrons. The van der Waals surface area contributed by atoms with E-state index in [0.29, 0.717) is 49.3 Å². The van der Waals surface area contributed by atoms with Crippen molar-refractivity contribution in [1.29, 1.82) is 0 Å². The fraction of sp³-hybridized carbons (Fsp3) is 0.318. The number of aromatic nitrogens is 2. The Labute approximate surface area is 186 Å². The van der Waals surface area contributed by atoms with Crippen molar-refractivity contribution < 1.29 is 18.0 Å². The second-order valence-electron chi connectivity index (χ2n) is 7.65. The predicted octanol–water partition coefficient (Wildman–Crippen LogP) is 2.08. The van der Waals surface area contributed by atoms with E-state index in [1.807, 2.05) is 18.4 Å². The molecule has 0 bridgehead atoms. The number of hydrogen-bond acceptors (Lipinski definition) is 5. The molecule has 1 aliphatic heterocycles. The second-order valence-corrected chi connectivity index (χ2v) is 9.33. The number of piperazine rings is 1. The third kappa shape index (κ3) is 4.05. The van der Waals surface area contributed by atoms with Crippen molar-refractivity contribution in [3.63, 3.8) is 0 Å². The first kappa shape index (κ1) is 21.8. The molecule has 1 fully saturated rings. The molecule has 2 heterocycles. The fourth-order valence-corrected chi connectivity index (χ4v) is 5.07. The van der Waals surface area contributed by atoms with Crippen molar-refractivity contribution in [2.75, 3.05) is 30.9 Å². The number of aryl methyl sites for hydroxylation is 2. The number of rotatable bonds is 6. The maximum atomic E-state index is 13.5. The molecule has 0 unspecified atom stereocenters. The molecule has 9 nitrogen and oxygen atoms in total. The lowest BCUT2D eigenvalue weighted by atomic mass is 10.1. The van der Waals surface area contributed by atoms with E-state index in [9.17, 15) is 18.0 Å². The van der Waals surface area contributed by atoms with Crippen molar-refractivity contribution in [3.8, 4) is 0 Å². The van der Waals surface area contributed by atoms with E-state index >= 15 is 0 Å². The van der Waals surface area contributed by atoms with Gasteiger partial charge in [0, 0.05) is 32.7 Å². The Kier molecular flexibility index (Phi) is 5.88. The van der Waals surface area contributed by atoms with Gasteiger partial charge in [-0.25, -0.2) is 13.4 Å². The second kappa shape index (κ2) is 8.62. The standard InChI is InChI=1S/C22H25N5O4S/c1-3-27-16(2)23-20-14-17(24-32(30,31)18-7-5-4-6-8-18)13-19(21(20)27)22(29)26-11-9-25(15-28)10-12-26/h4-8,13-15,24H,3,9-12H2,1-2H3. The molecule has 0 aliphatic carbocycles. The van der Waals surface area contributed by atoms with E-state index in [1.165, 1.54) is 12.1 Å². The van der Waals surface area contributed by atoms with Crippen LogP contribution in [0.25, 0.3) is 11.0 Å². The van der Waals surface area contributed by atoms with Gasteiger partial charge in [0.25, 0.3) is 15.9 Å². The summed E-state index contributed by atoms with van der Waals surface area (Å²) in [4.78, 5) is 32.5. The monoisotopic (exact) mass is 455 g/mol. The van der Waals surface area contributed by atoms with Gasteiger partial charge in [0.1, 0.15) is 5.82 Å². The summed E-state index contributed by atoms with van der Waals surface area (Å²) in [7, 11) is -3.82. The number of imidazole rings is 1. The Bertz CT molecular complexity index is 1260. The Morgan fingerprint density at radius 3 is 2.44 bits per heavy atom. The normalized spacial score (nSPS) is 14.6. The zero-order valence-corrected chi connectivity index (χ0v) is 18.8. The van der Waals surface area contributed by atoms with Crippen molar-refractivity contribution >= 4 is 39.1 Å². The first-order valence-corrected chi connectivity index (χ1v) is 11.9. The number of amides is 2. The molecule has 168 valence electrons. The number of benzene rings is 2. The van der Waals surface area contributed by atoms with Gasteiger partial charge in [-0.2, -0.15) is 0 Å². The maximum Gasteiger partial charge on any atom is 0.261 e. The first-order chi connectivity index (χ1) is 15.3. The number of nitrogens with one attached hydrogen (secondary N) is 1. The van der Waals surface area contributed by atoms with Gasteiger partial charge >= 0.3 is 0 Å². The van der Waals surface area contributed by atoms with E-state index in [1.54, 1.807) is 40.1 Å². The van der Waals surface area contributed by atoms with Gasteiger partial charge in [0.15, 0.2) is 0 Å². The highest BCUT2D eigenvalue weighted by Crippen LogP contribution is 2.28. The van der Waals surface area contributed by atoms with E-state index in [0.717, 1.165) is 12.2 Å². The summed E-state index contributed by atoms with van der Waals surface area (Å²) >= 11 is 0. The first-order valence-electron chi connectivity index (χ1n) is 10.4. The molecule has 0 saturated carbocycles. The van der Waals surface area contributed by atoms with Gasteiger partial charge in [-0.3, -0.25) is 14.3 Å². The van der Waals surface area contributed by atoms with E-state index < -0.39 is 10.0 Å². The average Bonchev–Trinajstić information content (AvgIpc) is 3.13. The smallest absolute Gasteiger partial charge is 0.261 e. The lowest BCUT2D eigenvalue weighted by Crippen LogP contribution is -2.48. The molecule has 2 aromatic carbocycles. The van der Waals surface area contributed by atoms with Gasteiger partial charge in [-0.1, -0.05) is 18.2 Å². The number of nitrogens with zero attached hydrogens (tertiary/aromatic N) is 4. The van der Waals surface area contributed by atoms with Crippen LogP contribution in [0.15, 0.2) is 47.4 Å². The molecular weight excluding hydrogens is 430 g/mol. The predicted molar refractivity (Wildman–Crippen MR) is 121 cm³/mol. The topological polar surface area (TPSA) is 105 Å². The number of sulfonamides is 1. The summed E-state index contributed by atoms with van der Waals surface area (Å²) in [6, 6.07) is 11.3. The number of hydrogen-bond donors (Lipinski definition) is 1. The fourth-order valence-electron chi connectivity index (χ4n) is 4.01. The highest BCUT2D eigenvalue weighted by Gasteiger charge is 2.26. The van der Waals surface area contributed by atoms with Crippen molar-refractivity contribution in [3.05, 3.63) is 53.9 Å². The van der Waals surface area contributed by atoms with Crippen molar-refractivity contribution in [2.45, 2.75) is 25.3 Å². The quantitative estimate of drug-likeness (QED) is 0.573. The molecule has 1 aromatic heterocycles. The van der Waals surface area contributed by atoms with Crippen LogP contribution in [0.5, 0.6) is 0 Å². The van der Waals surface area contributed by atoms with Crippen LogP contribution in [-0.4, -0.2) is 66.3 Å². The van der Waals surface area contributed by atoms with Crippen LogP contribution in [0.3, 0.4) is 0 Å². The van der Waals surface area contributed by atoms with Crippen LogP contribution in [0.1, 0.15) is 23.1 Å². The number of anilines is 1. The van der Waals surface area contributed by atoms with Crippen LogP contribution >= 0.6 is 0 Å². The van der Waals surface area contributed by atoms with Crippen LogP contribution in [0, 0.1) is 6.92 Å². The summed E-state index contributed by atoms with van der Waals surface area (Å²) in [5.74, 6) is 0.529. The summed E-state index contributed by atoms with van der Waals surface area (Å²) in [5.41, 5.74) is 1.88. The van der Waals surface area contributed by atoms with Crippen LogP contribution in [0.4, 0.5) is 5.69 Å². The molecule has 4 rings (SSSR count). The Hall–Kier alpha value is -3.40. The lowest BCUT2D eigenvalue weighted by molar-refractivity contribution is -0.119. The van der Waals surface area contributed by atoms with Gasteiger partial charge in [-0.05, 0) is 38.1 Å². The molecule has 0 spiro atoms. The zero-order valence-electron chi connectivity index (χ0n) is 18.0. The molecule has 32 heavy (non-hydrogen) atoms. The summed E-state index contributed by atoms with van der Waals surface area (Å²) in [6.07, 6.45) is 0.786. The molecule has 1 saturated heterocycles. The van der Waals surface area contributed by atoms with Crippen LogP contribution < -0.4 is 4.72 Å². The summed E-state index contributed by atoms with van der Waals surface area (Å²) < 4.78 is 30.2. The lowest BCUT2D eigenvalue weighted by Gasteiger charge is -2.32. The number of carbonyl (C=O) groups is 2. The SMILES string of the molecule is CCn1c(C)nc2cc(NS(=O)(=O)c3ccccc3)cc(C(=O)N3CCN(C=O)CC3)c21. The highest BCUT2D eigenvalue weighted by molar-refractivity contribution is 7.92. The van der Waals surface area contributed by atoms with Crippen molar-refractivity contribution in [1.82, 2.24) is 19.4 Å². The van der Waals surface area contributed by atoms with E-state index in [-0.39, 0.29) is 16.5 Å². The summed E-state index contributed by atoms with van der Waals surface area (Å²) in [5, 5.41) is 0. The number of fused-ring (bicyclic) bond motifs is 1. The van der Waals surface area contributed by atoms with Crippen LogP contribution in [-0.2, 0) is 21.4 Å². The third-order valence-electron chi connectivity index (χ3n) is 5.64. The molecule has 2 amide bonds. The van der Waals surface area contributed by atoms with Gasteiger partial charge < -0.3 is 14.4 Å². The molecule has 1 aliphatic rings. The third-order valence-corrected chi connectivity index (χ3v) is 7.03. The van der Waals surface area contributed by atoms with E-state index in [2.05, 4.69) is 9.71 Å². The molecular formula is C22H25N5O4S.